The smallest absolute Gasteiger partial charge is 0.163 e. The van der Waals surface area contributed by atoms with E-state index in [9.17, 15) is 0 Å². The van der Waals surface area contributed by atoms with Gasteiger partial charge in [0.1, 0.15) is 5.82 Å². The summed E-state index contributed by atoms with van der Waals surface area (Å²) in [6, 6.07) is 74.3. The Morgan fingerprint density at radius 1 is 0.464 bits per heavy atom. The molecule has 13 rings (SSSR count). The monoisotopic (exact) mass is 905 g/mol. The molecule has 2 unspecified atom stereocenters. The van der Waals surface area contributed by atoms with E-state index in [2.05, 4.69) is 181 Å². The summed E-state index contributed by atoms with van der Waals surface area (Å²) in [5.41, 5.74) is 15.9. The average molecular weight is 906 g/mol. The molecule has 0 bridgehead atoms. The van der Waals surface area contributed by atoms with Crippen molar-refractivity contribution in [2.24, 2.45) is 0 Å². The average Bonchev–Trinajstić information content (AvgIpc) is 3.97. The third-order valence-electron chi connectivity index (χ3n) is 14.2. The van der Waals surface area contributed by atoms with Gasteiger partial charge in [-0.1, -0.05) is 171 Å². The first-order valence-electron chi connectivity index (χ1n) is 24.1. The largest absolute Gasteiger partial charge is 0.337 e. The molecule has 0 saturated heterocycles. The fourth-order valence-electron chi connectivity index (χ4n) is 11.0. The highest BCUT2D eigenvalue weighted by Gasteiger charge is 2.42. The van der Waals surface area contributed by atoms with Crippen molar-refractivity contribution >= 4 is 42.9 Å². The molecule has 2 atom stereocenters. The third-order valence-corrected chi connectivity index (χ3v) is 15.3. The highest BCUT2D eigenvalue weighted by Crippen LogP contribution is 2.56. The highest BCUT2D eigenvalue weighted by molar-refractivity contribution is 7.26. The van der Waals surface area contributed by atoms with E-state index in [-0.39, 0.29) is 0 Å². The molecule has 8 aromatic carbocycles. The zero-order valence-corrected chi connectivity index (χ0v) is 38.9. The molecule has 2 aliphatic rings. The van der Waals surface area contributed by atoms with Crippen molar-refractivity contribution in [2.75, 3.05) is 4.90 Å². The number of fused-ring (bicyclic) bond motifs is 7. The maximum atomic E-state index is 5.43. The molecule has 0 radical (unpaired) electrons. The van der Waals surface area contributed by atoms with Crippen molar-refractivity contribution in [3.63, 3.8) is 0 Å². The summed E-state index contributed by atoms with van der Waals surface area (Å²) in [4.78, 5) is 23.5. The number of thiophene rings is 1. The quantitative estimate of drug-likeness (QED) is 0.144. The molecule has 1 fully saturated rings. The summed E-state index contributed by atoms with van der Waals surface area (Å²) >= 11 is 1.89. The number of pyridine rings is 1. The van der Waals surface area contributed by atoms with Crippen molar-refractivity contribution in [3.8, 4) is 67.4 Å². The fraction of sp³-hybridized carbons (Fsp3) is 0.111. The van der Waals surface area contributed by atoms with Crippen LogP contribution >= 0.6 is 11.3 Å². The summed E-state index contributed by atoms with van der Waals surface area (Å²) in [7, 11) is 0. The number of hydrogen-bond acceptors (Lipinski definition) is 6. The van der Waals surface area contributed by atoms with E-state index in [1.807, 2.05) is 47.7 Å². The van der Waals surface area contributed by atoms with Crippen molar-refractivity contribution in [1.82, 2.24) is 19.9 Å². The molecule has 69 heavy (non-hydrogen) atoms. The fourth-order valence-corrected chi connectivity index (χ4v) is 12.1. The standard InChI is InChI=1S/C63H47N5S/c1-6-18-41(19-7-1)46-34-47(42-20-8-2-9-21-42)36-48(35-46)50-37-49(39-58-65-62(43-22-10-3-11-23-43)67-63(66-58)44-24-12-4-13-25-44)60(64-40-50)45-30-31-54-57(38-45)69-56-33-32-53-52-28-16-17-29-55(52)68(61(53)59(54)56)51-26-14-5-15-27-51/h1-15,18-27,30-38,40,52,55H,16-17,28-29,39H2. The molecule has 6 heteroatoms. The Bertz CT molecular complexity index is 3540. The van der Waals surface area contributed by atoms with E-state index in [4.69, 9.17) is 19.9 Å². The van der Waals surface area contributed by atoms with Gasteiger partial charge in [-0.25, -0.2) is 15.0 Å². The van der Waals surface area contributed by atoms with Gasteiger partial charge >= 0.3 is 0 Å². The van der Waals surface area contributed by atoms with Gasteiger partial charge in [0.2, 0.25) is 0 Å². The lowest BCUT2D eigenvalue weighted by Crippen LogP contribution is -2.32. The summed E-state index contributed by atoms with van der Waals surface area (Å²) < 4.78 is 2.58. The zero-order valence-electron chi connectivity index (χ0n) is 38.0. The third kappa shape index (κ3) is 7.67. The maximum Gasteiger partial charge on any atom is 0.163 e. The van der Waals surface area contributed by atoms with Crippen LogP contribution in [-0.4, -0.2) is 26.0 Å². The Morgan fingerprint density at radius 2 is 1.03 bits per heavy atom. The molecular weight excluding hydrogens is 859 g/mol. The lowest BCUT2D eigenvalue weighted by molar-refractivity contribution is 0.402. The van der Waals surface area contributed by atoms with Crippen LogP contribution in [0.15, 0.2) is 212 Å². The predicted octanol–water partition coefficient (Wildman–Crippen LogP) is 16.4. The van der Waals surface area contributed by atoms with Gasteiger partial charge in [-0.2, -0.15) is 0 Å². The summed E-state index contributed by atoms with van der Waals surface area (Å²) in [6.07, 6.45) is 7.54. The second-order valence-electron chi connectivity index (χ2n) is 18.4. The molecule has 11 aromatic rings. The van der Waals surface area contributed by atoms with Gasteiger partial charge in [0.15, 0.2) is 11.6 Å². The molecule has 1 saturated carbocycles. The molecule has 1 aliphatic carbocycles. The Kier molecular flexibility index (Phi) is 10.5. The number of hydrogen-bond donors (Lipinski definition) is 0. The van der Waals surface area contributed by atoms with Crippen LogP contribution in [0.4, 0.5) is 11.4 Å². The number of anilines is 2. The zero-order chi connectivity index (χ0) is 45.7. The predicted molar refractivity (Wildman–Crippen MR) is 286 cm³/mol. The van der Waals surface area contributed by atoms with E-state index in [0.29, 0.717) is 35.9 Å². The van der Waals surface area contributed by atoms with Crippen LogP contribution in [0.2, 0.25) is 0 Å². The maximum absolute atomic E-state index is 5.43. The van der Waals surface area contributed by atoms with Crippen LogP contribution in [0, 0.1) is 0 Å². The number of rotatable bonds is 9. The van der Waals surface area contributed by atoms with Crippen LogP contribution in [0.1, 0.15) is 48.6 Å². The van der Waals surface area contributed by atoms with Crippen LogP contribution in [0.25, 0.3) is 87.6 Å². The SMILES string of the molecule is c1ccc(-c2cc(-c3ccccc3)cc(-c3cnc(-c4ccc5c(c4)sc4ccc6c(c45)N(c4ccccc4)C4CCCCC64)c(Cc4nc(-c5ccccc5)nc(-c5ccccc5)n4)c3)c2)cc1. The minimum absolute atomic E-state index is 0.453. The van der Waals surface area contributed by atoms with Crippen LogP contribution in [0.3, 0.4) is 0 Å². The van der Waals surface area contributed by atoms with Crippen LogP contribution in [0.5, 0.6) is 0 Å². The van der Waals surface area contributed by atoms with Gasteiger partial charge in [-0.15, -0.1) is 11.3 Å². The Morgan fingerprint density at radius 3 is 1.65 bits per heavy atom. The molecule has 0 spiro atoms. The summed E-state index contributed by atoms with van der Waals surface area (Å²) in [5, 5.41) is 2.68. The van der Waals surface area contributed by atoms with Gasteiger partial charge in [0.25, 0.3) is 0 Å². The number of nitrogens with zero attached hydrogens (tertiary/aromatic N) is 5. The van der Waals surface area contributed by atoms with E-state index in [0.717, 1.165) is 50.2 Å². The van der Waals surface area contributed by atoms with Gasteiger partial charge < -0.3 is 4.90 Å². The highest BCUT2D eigenvalue weighted by atomic mass is 32.1. The lowest BCUT2D eigenvalue weighted by Gasteiger charge is -2.33. The Balaban J connectivity index is 0.984. The van der Waals surface area contributed by atoms with E-state index >= 15 is 0 Å². The molecule has 0 N–H and O–H groups in total. The minimum Gasteiger partial charge on any atom is -0.337 e. The van der Waals surface area contributed by atoms with E-state index in [1.165, 1.54) is 73.9 Å². The molecule has 330 valence electrons. The van der Waals surface area contributed by atoms with E-state index < -0.39 is 0 Å². The number of benzene rings is 8. The molecule has 3 aromatic heterocycles. The Labute approximate surface area is 406 Å². The van der Waals surface area contributed by atoms with Gasteiger partial charge in [-0.05, 0) is 100 Å². The van der Waals surface area contributed by atoms with Gasteiger partial charge in [0, 0.05) is 72.7 Å². The topological polar surface area (TPSA) is 54.8 Å². The molecule has 0 amide bonds. The Hall–Kier alpha value is -8.06. The van der Waals surface area contributed by atoms with Crippen LogP contribution < -0.4 is 4.90 Å². The van der Waals surface area contributed by atoms with Crippen LogP contribution in [-0.2, 0) is 6.42 Å². The van der Waals surface area contributed by atoms with Crippen molar-refractivity contribution < 1.29 is 0 Å². The van der Waals surface area contributed by atoms with Gasteiger partial charge in [0.05, 0.1) is 11.4 Å². The normalized spacial score (nSPS) is 15.3. The number of aromatic nitrogens is 4. The summed E-state index contributed by atoms with van der Waals surface area (Å²) in [6.45, 7) is 0. The van der Waals surface area contributed by atoms with E-state index in [1.54, 1.807) is 0 Å². The second-order valence-corrected chi connectivity index (χ2v) is 19.5. The first kappa shape index (κ1) is 41.2. The summed E-state index contributed by atoms with van der Waals surface area (Å²) in [5.74, 6) is 2.54. The molecule has 1 aliphatic heterocycles. The molecule has 5 nitrogen and oxygen atoms in total. The first-order valence-corrected chi connectivity index (χ1v) is 24.9. The molecule has 4 heterocycles. The van der Waals surface area contributed by atoms with Crippen molar-refractivity contribution in [2.45, 2.75) is 44.1 Å². The first-order chi connectivity index (χ1) is 34.2. The lowest BCUT2D eigenvalue weighted by atomic mass is 9.82. The van der Waals surface area contributed by atoms with Crippen molar-refractivity contribution in [1.29, 1.82) is 0 Å². The minimum atomic E-state index is 0.453. The van der Waals surface area contributed by atoms with Crippen molar-refractivity contribution in [3.05, 3.63) is 229 Å². The molecular formula is C63H47N5S. The second kappa shape index (κ2) is 17.5. The number of para-hydroxylation sites is 1. The van der Waals surface area contributed by atoms with Gasteiger partial charge in [-0.3, -0.25) is 4.98 Å².